The summed E-state index contributed by atoms with van der Waals surface area (Å²) in [4.78, 5) is 17.8. The molecule has 0 spiro atoms. The molecule has 0 radical (unpaired) electrons. The van der Waals surface area contributed by atoms with Crippen molar-refractivity contribution in [3.63, 3.8) is 0 Å². The molecule has 140 valence electrons. The predicted molar refractivity (Wildman–Crippen MR) is 103 cm³/mol. The van der Waals surface area contributed by atoms with Gasteiger partial charge in [-0.15, -0.1) is 0 Å². The number of nitrogens with zero attached hydrogens (tertiary/aromatic N) is 3. The van der Waals surface area contributed by atoms with Crippen molar-refractivity contribution < 1.29 is 9.53 Å². The van der Waals surface area contributed by atoms with Crippen LogP contribution in [0.4, 0.5) is 0 Å². The summed E-state index contributed by atoms with van der Waals surface area (Å²) in [6.45, 7) is 8.96. The lowest BCUT2D eigenvalue weighted by atomic mass is 10.1. The van der Waals surface area contributed by atoms with E-state index in [1.807, 2.05) is 17.0 Å². The zero-order valence-electron chi connectivity index (χ0n) is 16.0. The summed E-state index contributed by atoms with van der Waals surface area (Å²) < 4.78 is 7.79. The molecule has 0 saturated carbocycles. The number of hydrogen-bond donors (Lipinski definition) is 0. The molecule has 2 aromatic rings. The third kappa shape index (κ3) is 3.14. The highest BCUT2D eigenvalue weighted by Gasteiger charge is 2.37. The SMILES string of the molecule is CO[C@@H]1C[C@H]2CN(C(=O)c3cccc4c3ccn4CC(C)C)CCN2C1. The van der Waals surface area contributed by atoms with E-state index in [1.165, 1.54) is 0 Å². The van der Waals surface area contributed by atoms with Gasteiger partial charge in [0.1, 0.15) is 0 Å². The van der Waals surface area contributed by atoms with Gasteiger partial charge in [0.15, 0.2) is 0 Å². The number of aromatic nitrogens is 1. The summed E-state index contributed by atoms with van der Waals surface area (Å²) >= 11 is 0. The smallest absolute Gasteiger partial charge is 0.254 e. The number of ether oxygens (including phenoxy) is 1. The van der Waals surface area contributed by atoms with Crippen molar-refractivity contribution in [1.82, 2.24) is 14.4 Å². The third-order valence-electron chi connectivity index (χ3n) is 5.80. The van der Waals surface area contributed by atoms with Gasteiger partial charge in [0.05, 0.1) is 6.10 Å². The fraction of sp³-hybridized carbons (Fsp3) is 0.571. The van der Waals surface area contributed by atoms with Gasteiger partial charge in [0.2, 0.25) is 0 Å². The molecule has 2 aliphatic rings. The monoisotopic (exact) mass is 355 g/mol. The second-order valence-corrected chi connectivity index (χ2v) is 8.09. The van der Waals surface area contributed by atoms with E-state index in [2.05, 4.69) is 41.6 Å². The van der Waals surface area contributed by atoms with E-state index in [4.69, 9.17) is 4.74 Å². The minimum atomic E-state index is 0.165. The van der Waals surface area contributed by atoms with E-state index in [1.54, 1.807) is 7.11 Å². The second kappa shape index (κ2) is 7.05. The van der Waals surface area contributed by atoms with Gasteiger partial charge in [-0.3, -0.25) is 9.69 Å². The van der Waals surface area contributed by atoms with E-state index in [9.17, 15) is 4.79 Å². The molecule has 0 unspecified atom stereocenters. The normalized spacial score (nSPS) is 23.8. The first-order chi connectivity index (χ1) is 12.6. The molecule has 1 amide bonds. The molecule has 2 saturated heterocycles. The first-order valence-electron chi connectivity index (χ1n) is 9.70. The van der Waals surface area contributed by atoms with E-state index in [-0.39, 0.29) is 5.91 Å². The van der Waals surface area contributed by atoms with Crippen LogP contribution in [0.1, 0.15) is 30.6 Å². The van der Waals surface area contributed by atoms with Gasteiger partial charge < -0.3 is 14.2 Å². The molecule has 2 aliphatic heterocycles. The molecule has 5 nitrogen and oxygen atoms in total. The zero-order valence-corrected chi connectivity index (χ0v) is 16.0. The number of hydrogen-bond acceptors (Lipinski definition) is 3. The lowest BCUT2D eigenvalue weighted by molar-refractivity contribution is 0.0568. The van der Waals surface area contributed by atoms with Crippen LogP contribution < -0.4 is 0 Å². The number of rotatable bonds is 4. The third-order valence-corrected chi connectivity index (χ3v) is 5.80. The lowest BCUT2D eigenvalue weighted by Crippen LogP contribution is -2.52. The van der Waals surface area contributed by atoms with Crippen molar-refractivity contribution in [3.8, 4) is 0 Å². The van der Waals surface area contributed by atoms with E-state index in [0.29, 0.717) is 18.1 Å². The zero-order chi connectivity index (χ0) is 18.3. The Balaban J connectivity index is 1.56. The fourth-order valence-corrected chi connectivity index (χ4v) is 4.48. The first kappa shape index (κ1) is 17.6. The van der Waals surface area contributed by atoms with Gasteiger partial charge in [-0.2, -0.15) is 0 Å². The van der Waals surface area contributed by atoms with Gasteiger partial charge in [0.25, 0.3) is 5.91 Å². The molecule has 0 bridgehead atoms. The molecule has 1 aromatic heterocycles. The molecule has 2 fully saturated rings. The van der Waals surface area contributed by atoms with Crippen LogP contribution in [-0.4, -0.2) is 65.7 Å². The molecule has 5 heteroatoms. The van der Waals surface area contributed by atoms with Crippen LogP contribution in [0.5, 0.6) is 0 Å². The minimum Gasteiger partial charge on any atom is -0.380 e. The molecule has 3 heterocycles. The topological polar surface area (TPSA) is 37.7 Å². The van der Waals surface area contributed by atoms with Crippen molar-refractivity contribution in [2.24, 2.45) is 5.92 Å². The highest BCUT2D eigenvalue weighted by molar-refractivity contribution is 6.06. The number of benzene rings is 1. The summed E-state index contributed by atoms with van der Waals surface area (Å²) in [5.74, 6) is 0.743. The molecule has 0 N–H and O–H groups in total. The lowest BCUT2D eigenvalue weighted by Gasteiger charge is -2.37. The molecule has 26 heavy (non-hydrogen) atoms. The van der Waals surface area contributed by atoms with Crippen LogP contribution in [0.15, 0.2) is 30.5 Å². The Bertz CT molecular complexity index is 798. The average Bonchev–Trinajstić information content (AvgIpc) is 3.23. The molecular formula is C21H29N3O2. The van der Waals surface area contributed by atoms with Crippen LogP contribution in [-0.2, 0) is 11.3 Å². The van der Waals surface area contributed by atoms with Gasteiger partial charge in [-0.25, -0.2) is 0 Å². The van der Waals surface area contributed by atoms with Crippen molar-refractivity contribution >= 4 is 16.8 Å². The van der Waals surface area contributed by atoms with Crippen LogP contribution in [0, 0.1) is 5.92 Å². The van der Waals surface area contributed by atoms with E-state index >= 15 is 0 Å². The highest BCUT2D eigenvalue weighted by atomic mass is 16.5. The molecule has 4 rings (SSSR count). The van der Waals surface area contributed by atoms with Crippen molar-refractivity contribution in [2.45, 2.75) is 39.0 Å². The van der Waals surface area contributed by atoms with Crippen LogP contribution in [0.25, 0.3) is 10.9 Å². The number of piperazine rings is 1. The molecule has 2 atom stereocenters. The summed E-state index contributed by atoms with van der Waals surface area (Å²) in [5.41, 5.74) is 1.99. The molecular weight excluding hydrogens is 326 g/mol. The van der Waals surface area contributed by atoms with Gasteiger partial charge in [-0.05, 0) is 30.5 Å². The fourth-order valence-electron chi connectivity index (χ4n) is 4.48. The Kier molecular flexibility index (Phi) is 4.76. The number of fused-ring (bicyclic) bond motifs is 2. The Labute approximate surface area is 155 Å². The van der Waals surface area contributed by atoms with Gasteiger partial charge in [0, 0.05) is 68.5 Å². The first-order valence-corrected chi connectivity index (χ1v) is 9.70. The maximum absolute atomic E-state index is 13.3. The molecule has 0 aliphatic carbocycles. The van der Waals surface area contributed by atoms with E-state index < -0.39 is 0 Å². The average molecular weight is 355 g/mol. The largest absolute Gasteiger partial charge is 0.380 e. The van der Waals surface area contributed by atoms with Crippen LogP contribution in [0.2, 0.25) is 0 Å². The quantitative estimate of drug-likeness (QED) is 0.846. The van der Waals surface area contributed by atoms with E-state index in [0.717, 1.165) is 55.6 Å². The van der Waals surface area contributed by atoms with Crippen LogP contribution in [0.3, 0.4) is 0 Å². The number of methoxy groups -OCH3 is 1. The van der Waals surface area contributed by atoms with Crippen molar-refractivity contribution in [3.05, 3.63) is 36.0 Å². The second-order valence-electron chi connectivity index (χ2n) is 8.09. The molecule has 1 aromatic carbocycles. The summed E-state index contributed by atoms with van der Waals surface area (Å²) in [7, 11) is 1.79. The Hall–Kier alpha value is -1.85. The summed E-state index contributed by atoms with van der Waals surface area (Å²) in [6, 6.07) is 8.63. The standard InChI is InChI=1S/C21H29N3O2/c1-15(2)12-23-8-7-18-19(5-4-6-20(18)23)21(25)24-10-9-22-14-17(26-3)11-16(22)13-24/h4-8,15-17H,9-14H2,1-3H3/t16-,17+/m0/s1. The minimum absolute atomic E-state index is 0.165. The Morgan fingerprint density at radius 3 is 2.85 bits per heavy atom. The number of amides is 1. The number of carbonyl (C=O) groups excluding carboxylic acids is 1. The number of carbonyl (C=O) groups is 1. The predicted octanol–water partition coefficient (Wildman–Crippen LogP) is 2.84. The van der Waals surface area contributed by atoms with Crippen LogP contribution >= 0.6 is 0 Å². The summed E-state index contributed by atoms with van der Waals surface area (Å²) in [5, 5.41) is 1.07. The Morgan fingerprint density at radius 1 is 1.23 bits per heavy atom. The maximum Gasteiger partial charge on any atom is 0.254 e. The van der Waals surface area contributed by atoms with Crippen molar-refractivity contribution in [2.75, 3.05) is 33.3 Å². The maximum atomic E-state index is 13.3. The van der Waals surface area contributed by atoms with Crippen molar-refractivity contribution in [1.29, 1.82) is 0 Å². The Morgan fingerprint density at radius 2 is 2.08 bits per heavy atom. The summed E-state index contributed by atoms with van der Waals surface area (Å²) in [6.07, 6.45) is 3.44. The highest BCUT2D eigenvalue weighted by Crippen LogP contribution is 2.27. The van der Waals surface area contributed by atoms with Gasteiger partial charge in [-0.1, -0.05) is 19.9 Å². The van der Waals surface area contributed by atoms with Gasteiger partial charge >= 0.3 is 0 Å².